The predicted octanol–water partition coefficient (Wildman–Crippen LogP) is 4.79. The molecule has 0 aliphatic carbocycles. The molecule has 2 aromatic carbocycles. The van der Waals surface area contributed by atoms with Gasteiger partial charge in [0.2, 0.25) is 0 Å². The summed E-state index contributed by atoms with van der Waals surface area (Å²) in [6.45, 7) is 5.20. The Morgan fingerprint density at radius 3 is 2.76 bits per heavy atom. The number of para-hydroxylation sites is 1. The zero-order valence-corrected chi connectivity index (χ0v) is 15.1. The van der Waals surface area contributed by atoms with Crippen LogP contribution in [0.4, 0.5) is 5.69 Å². The molecule has 2 N–H and O–H groups in total. The lowest BCUT2D eigenvalue weighted by atomic mass is 9.85. The number of rotatable bonds is 5. The molecule has 0 unspecified atom stereocenters. The van der Waals surface area contributed by atoms with Gasteiger partial charge in [0.25, 0.3) is 0 Å². The topological polar surface area (TPSA) is 33.3 Å². The van der Waals surface area contributed by atoms with Gasteiger partial charge in [-0.25, -0.2) is 0 Å². The molecule has 0 bridgehead atoms. The van der Waals surface area contributed by atoms with Gasteiger partial charge in [-0.15, -0.1) is 0 Å². The summed E-state index contributed by atoms with van der Waals surface area (Å²) >= 11 is 0. The number of unbranched alkanes of at least 4 members (excludes halogenated alkanes) is 1. The molecule has 0 amide bonds. The van der Waals surface area contributed by atoms with E-state index in [2.05, 4.69) is 60.0 Å². The lowest BCUT2D eigenvalue weighted by Crippen LogP contribution is -2.21. The Morgan fingerprint density at radius 1 is 1.00 bits per heavy atom. The lowest BCUT2D eigenvalue weighted by molar-refractivity contribution is 0.310. The number of ether oxygens (including phenoxy) is 1. The van der Waals surface area contributed by atoms with Crippen molar-refractivity contribution in [3.8, 4) is 16.9 Å². The first-order chi connectivity index (χ1) is 12.4. The maximum atomic E-state index is 6.12. The van der Waals surface area contributed by atoms with E-state index >= 15 is 0 Å². The average molecular weight is 336 g/mol. The molecule has 2 aromatic rings. The number of hydrogen-bond acceptors (Lipinski definition) is 3. The number of nitrogens with one attached hydrogen (secondary N) is 2. The zero-order chi connectivity index (χ0) is 17.1. The number of benzene rings is 2. The van der Waals surface area contributed by atoms with Crippen LogP contribution in [-0.4, -0.2) is 25.7 Å². The second-order valence-corrected chi connectivity index (χ2v) is 7.15. The van der Waals surface area contributed by atoms with Gasteiger partial charge in [0, 0.05) is 23.2 Å². The minimum atomic E-state index is 0.555. The standard InChI is InChI=1S/C22H28N2O/c1-2-3-15-25-21-10-5-4-7-16(21)17-8-6-9-20-22(17)18-11-13-23-14-12-19(18)24-20/h4-10,18-19,23-24H,2-3,11-15H2,1H3/t18-,19+/m1/s1. The van der Waals surface area contributed by atoms with Crippen LogP contribution >= 0.6 is 0 Å². The molecule has 3 heteroatoms. The zero-order valence-electron chi connectivity index (χ0n) is 15.1. The van der Waals surface area contributed by atoms with Crippen molar-refractivity contribution in [3.05, 3.63) is 48.0 Å². The smallest absolute Gasteiger partial charge is 0.127 e. The van der Waals surface area contributed by atoms with Crippen LogP contribution in [0.3, 0.4) is 0 Å². The van der Waals surface area contributed by atoms with Crippen LogP contribution < -0.4 is 15.4 Å². The number of fused-ring (bicyclic) bond motifs is 3. The summed E-state index contributed by atoms with van der Waals surface area (Å²) in [5, 5.41) is 7.32. The molecular formula is C22H28N2O. The largest absolute Gasteiger partial charge is 0.493 e. The van der Waals surface area contributed by atoms with Crippen molar-refractivity contribution in [3.63, 3.8) is 0 Å². The summed E-state index contributed by atoms with van der Waals surface area (Å²) in [6.07, 6.45) is 4.64. The van der Waals surface area contributed by atoms with Gasteiger partial charge in [-0.05, 0) is 55.6 Å². The molecule has 25 heavy (non-hydrogen) atoms. The summed E-state index contributed by atoms with van der Waals surface area (Å²) in [5.74, 6) is 1.60. The fraction of sp³-hybridized carbons (Fsp3) is 0.455. The third-order valence-electron chi connectivity index (χ3n) is 5.50. The van der Waals surface area contributed by atoms with Gasteiger partial charge < -0.3 is 15.4 Å². The molecule has 2 aliphatic heterocycles. The second-order valence-electron chi connectivity index (χ2n) is 7.15. The normalized spacial score (nSPS) is 21.8. The van der Waals surface area contributed by atoms with E-state index in [9.17, 15) is 0 Å². The van der Waals surface area contributed by atoms with Crippen molar-refractivity contribution >= 4 is 5.69 Å². The quantitative estimate of drug-likeness (QED) is 0.770. The molecule has 0 spiro atoms. The highest BCUT2D eigenvalue weighted by Crippen LogP contribution is 2.46. The van der Waals surface area contributed by atoms with Gasteiger partial charge in [-0.1, -0.05) is 43.7 Å². The Hall–Kier alpha value is -2.00. The van der Waals surface area contributed by atoms with E-state index in [0.29, 0.717) is 12.0 Å². The maximum Gasteiger partial charge on any atom is 0.127 e. The summed E-state index contributed by atoms with van der Waals surface area (Å²) in [6, 6.07) is 15.7. The Morgan fingerprint density at radius 2 is 1.84 bits per heavy atom. The third kappa shape index (κ3) is 3.25. The molecule has 2 heterocycles. The van der Waals surface area contributed by atoms with Crippen molar-refractivity contribution in [2.24, 2.45) is 0 Å². The molecule has 0 saturated carbocycles. The van der Waals surface area contributed by atoms with E-state index in [1.165, 1.54) is 35.2 Å². The van der Waals surface area contributed by atoms with Crippen molar-refractivity contribution in [1.29, 1.82) is 0 Å². The third-order valence-corrected chi connectivity index (χ3v) is 5.50. The molecular weight excluding hydrogens is 308 g/mol. The van der Waals surface area contributed by atoms with Gasteiger partial charge in [0.05, 0.1) is 6.61 Å². The van der Waals surface area contributed by atoms with Crippen LogP contribution in [0.1, 0.15) is 44.1 Å². The Bertz CT molecular complexity index is 728. The van der Waals surface area contributed by atoms with Crippen LogP contribution in [0.15, 0.2) is 42.5 Å². The monoisotopic (exact) mass is 336 g/mol. The van der Waals surface area contributed by atoms with Crippen LogP contribution in [0.25, 0.3) is 11.1 Å². The molecule has 2 atom stereocenters. The highest BCUT2D eigenvalue weighted by molar-refractivity contribution is 5.81. The van der Waals surface area contributed by atoms with Crippen molar-refractivity contribution < 1.29 is 4.74 Å². The first-order valence-corrected chi connectivity index (χ1v) is 9.71. The van der Waals surface area contributed by atoms with E-state index in [-0.39, 0.29) is 0 Å². The van der Waals surface area contributed by atoms with Gasteiger partial charge in [-0.3, -0.25) is 0 Å². The summed E-state index contributed by atoms with van der Waals surface area (Å²) < 4.78 is 6.12. The van der Waals surface area contributed by atoms with Gasteiger partial charge in [0.15, 0.2) is 0 Å². The summed E-state index contributed by atoms with van der Waals surface area (Å²) in [7, 11) is 0. The van der Waals surface area contributed by atoms with Crippen molar-refractivity contribution in [2.75, 3.05) is 25.0 Å². The molecule has 132 valence electrons. The van der Waals surface area contributed by atoms with Crippen LogP contribution in [0, 0.1) is 0 Å². The van der Waals surface area contributed by atoms with Crippen LogP contribution in [0.2, 0.25) is 0 Å². The van der Waals surface area contributed by atoms with Crippen molar-refractivity contribution in [2.45, 2.75) is 44.6 Å². The lowest BCUT2D eigenvalue weighted by Gasteiger charge is -2.19. The highest BCUT2D eigenvalue weighted by Gasteiger charge is 2.35. The molecule has 3 nitrogen and oxygen atoms in total. The van der Waals surface area contributed by atoms with Gasteiger partial charge in [-0.2, -0.15) is 0 Å². The SMILES string of the molecule is CCCCOc1ccccc1-c1cccc2c1[C@@H]1CCNCC[C@@H]1N2. The molecule has 4 rings (SSSR count). The molecule has 2 aliphatic rings. The fourth-order valence-electron chi connectivity index (χ4n) is 4.23. The Balaban J connectivity index is 1.72. The fourth-order valence-corrected chi connectivity index (χ4v) is 4.23. The summed E-state index contributed by atoms with van der Waals surface area (Å²) in [5.41, 5.74) is 5.38. The van der Waals surface area contributed by atoms with Gasteiger partial charge in [0.1, 0.15) is 5.75 Å². The minimum absolute atomic E-state index is 0.555. The van der Waals surface area contributed by atoms with Crippen molar-refractivity contribution in [1.82, 2.24) is 5.32 Å². The Kier molecular flexibility index (Phi) is 4.93. The predicted molar refractivity (Wildman–Crippen MR) is 105 cm³/mol. The highest BCUT2D eigenvalue weighted by atomic mass is 16.5. The average Bonchev–Trinajstić information content (AvgIpc) is 2.84. The van der Waals surface area contributed by atoms with Gasteiger partial charge >= 0.3 is 0 Å². The van der Waals surface area contributed by atoms with Crippen LogP contribution in [0.5, 0.6) is 5.75 Å². The molecule has 1 fully saturated rings. The second kappa shape index (κ2) is 7.49. The van der Waals surface area contributed by atoms with E-state index < -0.39 is 0 Å². The number of hydrogen-bond donors (Lipinski definition) is 2. The summed E-state index contributed by atoms with van der Waals surface area (Å²) in [4.78, 5) is 0. The van der Waals surface area contributed by atoms with E-state index in [1.807, 2.05) is 0 Å². The first kappa shape index (κ1) is 16.5. The van der Waals surface area contributed by atoms with E-state index in [4.69, 9.17) is 4.74 Å². The first-order valence-electron chi connectivity index (χ1n) is 9.71. The molecule has 0 aromatic heterocycles. The maximum absolute atomic E-state index is 6.12. The van der Waals surface area contributed by atoms with E-state index in [0.717, 1.165) is 38.3 Å². The van der Waals surface area contributed by atoms with Crippen LogP contribution in [-0.2, 0) is 0 Å². The molecule has 0 radical (unpaired) electrons. The minimum Gasteiger partial charge on any atom is -0.493 e. The Labute approximate surface area is 150 Å². The van der Waals surface area contributed by atoms with E-state index in [1.54, 1.807) is 0 Å². The number of anilines is 1. The molecule has 1 saturated heterocycles.